The molecule has 0 spiro atoms. The van der Waals surface area contributed by atoms with E-state index < -0.39 is 6.10 Å². The third-order valence-electron chi connectivity index (χ3n) is 3.20. The molecule has 0 saturated heterocycles. The smallest absolute Gasteiger partial charge is 0.105 e. The molecule has 100 valence electrons. The Morgan fingerprint density at radius 2 is 1.85 bits per heavy atom. The minimum Gasteiger partial charge on any atom is -0.384 e. The van der Waals surface area contributed by atoms with Crippen molar-refractivity contribution < 1.29 is 5.11 Å². The van der Waals surface area contributed by atoms with E-state index in [4.69, 9.17) is 0 Å². The fraction of sp³-hybridized carbons (Fsp3) is 0.0625. The number of pyridine rings is 1. The Hall–Kier alpha value is -1.23. The van der Waals surface area contributed by atoms with Gasteiger partial charge in [0.15, 0.2) is 0 Å². The van der Waals surface area contributed by atoms with Gasteiger partial charge in [0.25, 0.3) is 0 Å². The minimum absolute atomic E-state index is 0.665. The SMILES string of the molecule is OC(c1ccc2ncccc2c1)c1ccc(Br)cc1Br. The van der Waals surface area contributed by atoms with Gasteiger partial charge in [0, 0.05) is 20.5 Å². The molecule has 1 aromatic heterocycles. The highest BCUT2D eigenvalue weighted by Crippen LogP contribution is 2.31. The van der Waals surface area contributed by atoms with Crippen molar-refractivity contribution in [2.45, 2.75) is 6.10 Å². The largest absolute Gasteiger partial charge is 0.384 e. The number of aliphatic hydroxyl groups excluding tert-OH is 1. The van der Waals surface area contributed by atoms with Crippen molar-refractivity contribution in [3.8, 4) is 0 Å². The van der Waals surface area contributed by atoms with E-state index in [1.807, 2.05) is 48.5 Å². The summed E-state index contributed by atoms with van der Waals surface area (Å²) in [6.45, 7) is 0. The quantitative estimate of drug-likeness (QED) is 0.676. The molecule has 1 N–H and O–H groups in total. The zero-order chi connectivity index (χ0) is 14.1. The third kappa shape index (κ3) is 2.64. The Balaban J connectivity index is 2.05. The van der Waals surface area contributed by atoms with E-state index in [0.29, 0.717) is 0 Å². The molecule has 0 aliphatic carbocycles. The monoisotopic (exact) mass is 391 g/mol. The number of fused-ring (bicyclic) bond motifs is 1. The Labute approximate surface area is 133 Å². The Kier molecular flexibility index (Phi) is 3.87. The molecule has 2 nitrogen and oxygen atoms in total. The van der Waals surface area contributed by atoms with Crippen LogP contribution in [0.4, 0.5) is 0 Å². The van der Waals surface area contributed by atoms with Crippen LogP contribution in [0, 0.1) is 0 Å². The van der Waals surface area contributed by atoms with Gasteiger partial charge in [-0.3, -0.25) is 4.98 Å². The number of benzene rings is 2. The van der Waals surface area contributed by atoms with Gasteiger partial charge in [-0.1, -0.05) is 50.1 Å². The zero-order valence-corrected chi connectivity index (χ0v) is 13.6. The zero-order valence-electron chi connectivity index (χ0n) is 10.4. The molecule has 2 aromatic carbocycles. The average molecular weight is 393 g/mol. The Morgan fingerprint density at radius 3 is 2.65 bits per heavy atom. The molecular formula is C16H11Br2NO. The molecule has 3 rings (SSSR count). The Bertz CT molecular complexity index is 773. The van der Waals surface area contributed by atoms with Crippen molar-refractivity contribution in [3.63, 3.8) is 0 Å². The second-order valence-electron chi connectivity index (χ2n) is 4.52. The van der Waals surface area contributed by atoms with E-state index >= 15 is 0 Å². The molecule has 0 bridgehead atoms. The summed E-state index contributed by atoms with van der Waals surface area (Å²) in [4.78, 5) is 4.29. The second kappa shape index (κ2) is 5.64. The van der Waals surface area contributed by atoms with Crippen LogP contribution in [-0.4, -0.2) is 10.1 Å². The molecule has 0 fully saturated rings. The minimum atomic E-state index is -0.665. The van der Waals surface area contributed by atoms with Gasteiger partial charge in [0.1, 0.15) is 6.10 Å². The van der Waals surface area contributed by atoms with Crippen LogP contribution in [0.25, 0.3) is 10.9 Å². The third-order valence-corrected chi connectivity index (χ3v) is 4.38. The maximum atomic E-state index is 10.6. The fourth-order valence-electron chi connectivity index (χ4n) is 2.17. The van der Waals surface area contributed by atoms with Crippen LogP contribution >= 0.6 is 31.9 Å². The highest BCUT2D eigenvalue weighted by atomic mass is 79.9. The lowest BCUT2D eigenvalue weighted by atomic mass is 10.00. The predicted molar refractivity (Wildman–Crippen MR) is 87.6 cm³/mol. The normalized spacial score (nSPS) is 12.6. The molecule has 1 heterocycles. The molecule has 4 heteroatoms. The summed E-state index contributed by atoms with van der Waals surface area (Å²) in [5, 5.41) is 11.6. The van der Waals surface area contributed by atoms with Crippen LogP contribution in [-0.2, 0) is 0 Å². The van der Waals surface area contributed by atoms with E-state index in [1.165, 1.54) is 0 Å². The lowest BCUT2D eigenvalue weighted by Crippen LogP contribution is -2.00. The van der Waals surface area contributed by atoms with Gasteiger partial charge < -0.3 is 5.11 Å². The first-order valence-corrected chi connectivity index (χ1v) is 7.71. The summed E-state index contributed by atoms with van der Waals surface area (Å²) < 4.78 is 1.86. The van der Waals surface area contributed by atoms with Crippen molar-refractivity contribution >= 4 is 42.8 Å². The summed E-state index contributed by atoms with van der Waals surface area (Å²) in [6.07, 6.45) is 1.10. The summed E-state index contributed by atoms with van der Waals surface area (Å²) in [5.74, 6) is 0. The lowest BCUT2D eigenvalue weighted by Gasteiger charge is -2.14. The number of nitrogens with zero attached hydrogens (tertiary/aromatic N) is 1. The molecule has 0 aliphatic rings. The Morgan fingerprint density at radius 1 is 1.00 bits per heavy atom. The first kappa shape index (κ1) is 13.7. The predicted octanol–water partition coefficient (Wildman–Crippen LogP) is 4.84. The second-order valence-corrected chi connectivity index (χ2v) is 6.29. The van der Waals surface area contributed by atoms with E-state index in [9.17, 15) is 5.11 Å². The van der Waals surface area contributed by atoms with Gasteiger partial charge >= 0.3 is 0 Å². The fourth-order valence-corrected chi connectivity index (χ4v) is 3.43. The number of rotatable bonds is 2. The topological polar surface area (TPSA) is 33.1 Å². The van der Waals surface area contributed by atoms with Crippen LogP contribution in [0.2, 0.25) is 0 Å². The maximum Gasteiger partial charge on any atom is 0.105 e. The molecule has 0 saturated carbocycles. The summed E-state index contributed by atoms with van der Waals surface area (Å²) >= 11 is 6.91. The van der Waals surface area contributed by atoms with E-state index in [0.717, 1.165) is 31.0 Å². The van der Waals surface area contributed by atoms with Gasteiger partial charge in [-0.05, 0) is 41.5 Å². The molecular weight excluding hydrogens is 382 g/mol. The van der Waals surface area contributed by atoms with Crippen LogP contribution < -0.4 is 0 Å². The van der Waals surface area contributed by atoms with E-state index in [2.05, 4.69) is 36.8 Å². The van der Waals surface area contributed by atoms with Crippen molar-refractivity contribution in [3.05, 3.63) is 74.8 Å². The molecule has 1 atom stereocenters. The van der Waals surface area contributed by atoms with Crippen LogP contribution in [0.15, 0.2) is 63.7 Å². The highest BCUT2D eigenvalue weighted by Gasteiger charge is 2.14. The summed E-state index contributed by atoms with van der Waals surface area (Å²) in [5.41, 5.74) is 2.63. The van der Waals surface area contributed by atoms with Gasteiger partial charge in [-0.15, -0.1) is 0 Å². The van der Waals surface area contributed by atoms with E-state index in [-0.39, 0.29) is 0 Å². The van der Waals surface area contributed by atoms with Gasteiger partial charge in [-0.25, -0.2) is 0 Å². The molecule has 3 aromatic rings. The summed E-state index contributed by atoms with van der Waals surface area (Å²) in [6, 6.07) is 15.5. The highest BCUT2D eigenvalue weighted by molar-refractivity contribution is 9.11. The average Bonchev–Trinajstić information content (AvgIpc) is 2.46. The molecule has 0 radical (unpaired) electrons. The van der Waals surface area contributed by atoms with E-state index in [1.54, 1.807) is 6.20 Å². The van der Waals surface area contributed by atoms with Crippen molar-refractivity contribution in [2.24, 2.45) is 0 Å². The molecule has 20 heavy (non-hydrogen) atoms. The number of halogens is 2. The number of hydrogen-bond donors (Lipinski definition) is 1. The van der Waals surface area contributed by atoms with Gasteiger partial charge in [0.05, 0.1) is 5.52 Å². The maximum absolute atomic E-state index is 10.6. The number of aliphatic hydroxyl groups is 1. The number of hydrogen-bond acceptors (Lipinski definition) is 2. The molecule has 0 amide bonds. The first-order chi connectivity index (χ1) is 9.65. The van der Waals surface area contributed by atoms with Gasteiger partial charge in [-0.2, -0.15) is 0 Å². The van der Waals surface area contributed by atoms with Crippen molar-refractivity contribution in [1.82, 2.24) is 4.98 Å². The molecule has 1 unspecified atom stereocenters. The van der Waals surface area contributed by atoms with Crippen molar-refractivity contribution in [1.29, 1.82) is 0 Å². The molecule has 0 aliphatic heterocycles. The van der Waals surface area contributed by atoms with Crippen molar-refractivity contribution in [2.75, 3.05) is 0 Å². The van der Waals surface area contributed by atoms with Gasteiger partial charge in [0.2, 0.25) is 0 Å². The number of aromatic nitrogens is 1. The van der Waals surface area contributed by atoms with Crippen LogP contribution in [0.5, 0.6) is 0 Å². The standard InChI is InChI=1S/C16H11Br2NO/c17-12-4-5-13(14(18)9-12)16(20)11-3-6-15-10(8-11)2-1-7-19-15/h1-9,16,20H. The van der Waals surface area contributed by atoms with Crippen LogP contribution in [0.1, 0.15) is 17.2 Å². The van der Waals surface area contributed by atoms with Crippen LogP contribution in [0.3, 0.4) is 0 Å². The lowest BCUT2D eigenvalue weighted by molar-refractivity contribution is 0.219. The summed E-state index contributed by atoms with van der Waals surface area (Å²) in [7, 11) is 0. The first-order valence-electron chi connectivity index (χ1n) is 6.13.